The molecule has 2 aromatic heterocycles. The molecule has 0 aromatic carbocycles. The number of thiazole rings is 1. The van der Waals surface area contributed by atoms with Crippen LogP contribution >= 0.6 is 11.3 Å². The Morgan fingerprint density at radius 2 is 2.31 bits per heavy atom. The molecule has 0 unspecified atom stereocenters. The maximum absolute atomic E-state index is 10.1. The zero-order valence-corrected chi connectivity index (χ0v) is 9.57. The van der Waals surface area contributed by atoms with Crippen LogP contribution in [0.15, 0.2) is 23.8 Å². The second kappa shape index (κ2) is 4.89. The van der Waals surface area contributed by atoms with Gasteiger partial charge in [-0.25, -0.2) is 4.98 Å². The van der Waals surface area contributed by atoms with Crippen molar-refractivity contribution in [1.29, 1.82) is 0 Å². The van der Waals surface area contributed by atoms with Crippen molar-refractivity contribution >= 4 is 11.3 Å². The largest absolute Gasteiger partial charge is 0.261 e. The second-order valence-electron chi connectivity index (χ2n) is 3.22. The Balaban J connectivity index is 2.27. The van der Waals surface area contributed by atoms with Crippen LogP contribution in [0, 0.1) is 11.8 Å². The summed E-state index contributed by atoms with van der Waals surface area (Å²) in [5, 5.41) is 3.69. The molecule has 2 heterocycles. The quantitative estimate of drug-likeness (QED) is 0.760. The van der Waals surface area contributed by atoms with Crippen LogP contribution in [0.25, 0.3) is 10.7 Å². The summed E-state index contributed by atoms with van der Waals surface area (Å²) >= 11 is 1.54. The Kier molecular flexibility index (Phi) is 3.31. The third-order valence-corrected chi connectivity index (χ3v) is 3.34. The lowest BCUT2D eigenvalue weighted by Crippen LogP contribution is -1.87. The SMILES string of the molecule is Cc1nc(-c2cnccn2)sc1CCN=O. The van der Waals surface area contributed by atoms with E-state index in [-0.39, 0.29) is 0 Å². The highest BCUT2D eigenvalue weighted by molar-refractivity contribution is 7.15. The predicted octanol–water partition coefficient (Wildman–Crippen LogP) is 2.22. The van der Waals surface area contributed by atoms with Gasteiger partial charge < -0.3 is 0 Å². The maximum Gasteiger partial charge on any atom is 0.143 e. The molecule has 16 heavy (non-hydrogen) atoms. The van der Waals surface area contributed by atoms with Crippen LogP contribution < -0.4 is 0 Å². The number of rotatable bonds is 4. The molecule has 0 aliphatic heterocycles. The minimum Gasteiger partial charge on any atom is -0.261 e. The van der Waals surface area contributed by atoms with E-state index in [0.29, 0.717) is 13.0 Å². The number of nitrogens with zero attached hydrogens (tertiary/aromatic N) is 4. The van der Waals surface area contributed by atoms with Crippen molar-refractivity contribution in [2.75, 3.05) is 6.54 Å². The van der Waals surface area contributed by atoms with Crippen molar-refractivity contribution in [2.24, 2.45) is 5.18 Å². The van der Waals surface area contributed by atoms with Gasteiger partial charge in [-0.05, 0) is 6.92 Å². The highest BCUT2D eigenvalue weighted by Crippen LogP contribution is 2.26. The summed E-state index contributed by atoms with van der Waals surface area (Å²) in [6.45, 7) is 2.22. The first-order valence-corrected chi connectivity index (χ1v) is 5.64. The highest BCUT2D eigenvalue weighted by atomic mass is 32.1. The Labute approximate surface area is 96.6 Å². The van der Waals surface area contributed by atoms with Crippen LogP contribution in [-0.2, 0) is 6.42 Å². The van der Waals surface area contributed by atoms with Crippen molar-refractivity contribution in [2.45, 2.75) is 13.3 Å². The van der Waals surface area contributed by atoms with Gasteiger partial charge in [0.05, 0.1) is 18.4 Å². The molecule has 2 aromatic rings. The monoisotopic (exact) mass is 234 g/mol. The first-order valence-electron chi connectivity index (χ1n) is 4.83. The van der Waals surface area contributed by atoms with Gasteiger partial charge in [-0.3, -0.25) is 9.97 Å². The fraction of sp³-hybridized carbons (Fsp3) is 0.300. The van der Waals surface area contributed by atoms with Gasteiger partial charge in [0.15, 0.2) is 0 Å². The third-order valence-electron chi connectivity index (χ3n) is 2.11. The van der Waals surface area contributed by atoms with Crippen molar-refractivity contribution < 1.29 is 0 Å². The lowest BCUT2D eigenvalue weighted by Gasteiger charge is -1.91. The van der Waals surface area contributed by atoms with Gasteiger partial charge in [-0.1, -0.05) is 5.18 Å². The zero-order chi connectivity index (χ0) is 11.4. The van der Waals surface area contributed by atoms with Gasteiger partial charge in [0, 0.05) is 23.7 Å². The van der Waals surface area contributed by atoms with E-state index in [0.717, 1.165) is 21.3 Å². The first kappa shape index (κ1) is 10.8. The molecule has 0 atom stereocenters. The van der Waals surface area contributed by atoms with E-state index in [1.54, 1.807) is 29.9 Å². The molecule has 0 radical (unpaired) electrons. The normalized spacial score (nSPS) is 10.3. The van der Waals surface area contributed by atoms with E-state index in [1.807, 2.05) is 6.92 Å². The van der Waals surface area contributed by atoms with Crippen LogP contribution in [0.1, 0.15) is 10.6 Å². The summed E-state index contributed by atoms with van der Waals surface area (Å²) in [6, 6.07) is 0. The molecule has 0 fully saturated rings. The minimum atomic E-state index is 0.295. The van der Waals surface area contributed by atoms with Crippen LogP contribution in [-0.4, -0.2) is 21.5 Å². The standard InChI is InChI=1S/C10H10N4OS/c1-7-9(2-3-13-15)16-10(14-7)8-6-11-4-5-12-8/h4-6H,2-3H2,1H3. The maximum atomic E-state index is 10.1. The Bertz CT molecular complexity index is 483. The summed E-state index contributed by atoms with van der Waals surface area (Å²) in [4.78, 5) is 23.7. The molecule has 5 nitrogen and oxygen atoms in total. The molecule has 0 saturated carbocycles. The van der Waals surface area contributed by atoms with E-state index < -0.39 is 0 Å². The zero-order valence-electron chi connectivity index (χ0n) is 8.75. The number of aryl methyl sites for hydroxylation is 1. The molecule has 0 N–H and O–H groups in total. The van der Waals surface area contributed by atoms with Crippen LogP contribution in [0.5, 0.6) is 0 Å². The van der Waals surface area contributed by atoms with E-state index in [2.05, 4.69) is 20.1 Å². The lowest BCUT2D eigenvalue weighted by atomic mass is 10.3. The Hall–Kier alpha value is -1.69. The van der Waals surface area contributed by atoms with Gasteiger partial charge >= 0.3 is 0 Å². The first-order chi connectivity index (χ1) is 7.81. The van der Waals surface area contributed by atoms with Crippen LogP contribution in [0.3, 0.4) is 0 Å². The average Bonchev–Trinajstić information content (AvgIpc) is 2.69. The summed E-state index contributed by atoms with van der Waals surface area (Å²) in [5.41, 5.74) is 1.70. The molecule has 0 amide bonds. The molecule has 0 bridgehead atoms. The fourth-order valence-corrected chi connectivity index (χ4v) is 2.34. The molecule has 2 rings (SSSR count). The lowest BCUT2D eigenvalue weighted by molar-refractivity contribution is 0.962. The molecule has 0 aliphatic carbocycles. The van der Waals surface area contributed by atoms with Gasteiger partial charge in [0.25, 0.3) is 0 Å². The topological polar surface area (TPSA) is 68.1 Å². The van der Waals surface area contributed by atoms with Gasteiger partial charge in [-0.15, -0.1) is 11.3 Å². The van der Waals surface area contributed by atoms with E-state index >= 15 is 0 Å². The molecule has 0 aliphatic rings. The predicted molar refractivity (Wildman–Crippen MR) is 62.2 cm³/mol. The molecule has 6 heteroatoms. The molecule has 0 spiro atoms. The second-order valence-corrected chi connectivity index (χ2v) is 4.30. The smallest absolute Gasteiger partial charge is 0.143 e. The number of nitroso groups, excluding NO2 is 1. The van der Waals surface area contributed by atoms with Gasteiger partial charge in [-0.2, -0.15) is 4.91 Å². The molecular weight excluding hydrogens is 224 g/mol. The van der Waals surface area contributed by atoms with E-state index in [9.17, 15) is 4.91 Å². The Morgan fingerprint density at radius 3 is 3.00 bits per heavy atom. The third kappa shape index (κ3) is 2.27. The van der Waals surface area contributed by atoms with Crippen molar-refractivity contribution in [3.8, 4) is 10.7 Å². The van der Waals surface area contributed by atoms with Gasteiger partial charge in [0.2, 0.25) is 0 Å². The fourth-order valence-electron chi connectivity index (χ4n) is 1.33. The van der Waals surface area contributed by atoms with E-state index in [1.165, 1.54) is 0 Å². The number of hydrogen-bond acceptors (Lipinski definition) is 6. The van der Waals surface area contributed by atoms with Gasteiger partial charge in [0.1, 0.15) is 10.7 Å². The number of hydrogen-bond donors (Lipinski definition) is 0. The van der Waals surface area contributed by atoms with Crippen LogP contribution in [0.2, 0.25) is 0 Å². The van der Waals surface area contributed by atoms with Crippen LogP contribution in [0.4, 0.5) is 0 Å². The van der Waals surface area contributed by atoms with Crippen molar-refractivity contribution in [1.82, 2.24) is 15.0 Å². The summed E-state index contributed by atoms with van der Waals surface area (Å²) in [6.07, 6.45) is 5.59. The van der Waals surface area contributed by atoms with Crippen molar-refractivity contribution in [3.05, 3.63) is 34.1 Å². The Morgan fingerprint density at radius 1 is 1.44 bits per heavy atom. The molecule has 0 saturated heterocycles. The summed E-state index contributed by atoms with van der Waals surface area (Å²) in [7, 11) is 0. The molecule has 82 valence electrons. The van der Waals surface area contributed by atoms with E-state index in [4.69, 9.17) is 0 Å². The summed E-state index contributed by atoms with van der Waals surface area (Å²) < 4.78 is 0. The highest BCUT2D eigenvalue weighted by Gasteiger charge is 2.09. The van der Waals surface area contributed by atoms with Crippen molar-refractivity contribution in [3.63, 3.8) is 0 Å². The minimum absolute atomic E-state index is 0.295. The average molecular weight is 234 g/mol. The summed E-state index contributed by atoms with van der Waals surface area (Å²) in [5.74, 6) is 0. The molecular formula is C10H10N4OS. The number of aromatic nitrogens is 3.